The third-order valence-electron chi connectivity index (χ3n) is 1.23. The molecule has 1 aromatic heterocycles. The first-order chi connectivity index (χ1) is 5.11. The molecule has 0 atom stereocenters. The summed E-state index contributed by atoms with van der Waals surface area (Å²) in [5, 5.41) is 25.5. The fraction of sp³-hybridized carbons (Fsp3) is 0. The van der Waals surface area contributed by atoms with Crippen molar-refractivity contribution in [3.05, 3.63) is 18.0 Å². The van der Waals surface area contributed by atoms with E-state index in [2.05, 4.69) is 4.98 Å². The van der Waals surface area contributed by atoms with Crippen LogP contribution < -0.4 is 5.46 Å². The quantitative estimate of drug-likeness (QED) is 0.386. The lowest BCUT2D eigenvalue weighted by molar-refractivity contribution is 0.0691. The first-order valence-electron chi connectivity index (χ1n) is 2.89. The normalized spacial score (nSPS) is 9.64. The molecule has 1 rings (SSSR count). The van der Waals surface area contributed by atoms with Crippen molar-refractivity contribution < 1.29 is 19.9 Å². The molecule has 1 aromatic rings. The van der Waals surface area contributed by atoms with Crippen LogP contribution in [0, 0.1) is 0 Å². The van der Waals surface area contributed by atoms with Crippen LogP contribution in [0.15, 0.2) is 12.3 Å². The molecule has 0 amide bonds. The lowest BCUT2D eigenvalue weighted by Crippen LogP contribution is -2.28. The summed E-state index contributed by atoms with van der Waals surface area (Å²) >= 11 is 0. The minimum absolute atomic E-state index is 0.0619. The molecular formula is C5H6BNO4. The molecule has 6 heteroatoms. The van der Waals surface area contributed by atoms with Gasteiger partial charge in [0, 0.05) is 11.7 Å². The minimum atomic E-state index is -1.63. The van der Waals surface area contributed by atoms with Crippen LogP contribution in [0.2, 0.25) is 0 Å². The Labute approximate surface area is 62.4 Å². The molecule has 0 saturated carbocycles. The summed E-state index contributed by atoms with van der Waals surface area (Å²) in [6.45, 7) is 0. The average molecular weight is 155 g/mol. The summed E-state index contributed by atoms with van der Waals surface area (Å²) in [4.78, 5) is 12.6. The maximum atomic E-state index is 10.2. The molecule has 0 spiro atoms. The van der Waals surface area contributed by atoms with Gasteiger partial charge in [-0.3, -0.25) is 0 Å². The molecule has 0 radical (unpaired) electrons. The van der Waals surface area contributed by atoms with E-state index < -0.39 is 13.1 Å². The Morgan fingerprint density at radius 2 is 2.18 bits per heavy atom. The number of carbonyl (C=O) groups is 1. The predicted molar refractivity (Wildman–Crippen MR) is 37.6 cm³/mol. The zero-order valence-corrected chi connectivity index (χ0v) is 5.48. The van der Waals surface area contributed by atoms with Crippen molar-refractivity contribution in [3.8, 4) is 0 Å². The first kappa shape index (κ1) is 7.84. The third-order valence-corrected chi connectivity index (χ3v) is 1.23. The fourth-order valence-electron chi connectivity index (χ4n) is 0.684. The molecule has 0 saturated heterocycles. The van der Waals surface area contributed by atoms with E-state index in [-0.39, 0.29) is 11.2 Å². The molecule has 0 bridgehead atoms. The van der Waals surface area contributed by atoms with Crippen molar-refractivity contribution in [1.29, 1.82) is 0 Å². The highest BCUT2D eigenvalue weighted by atomic mass is 16.4. The van der Waals surface area contributed by atoms with Crippen LogP contribution in [0.3, 0.4) is 0 Å². The Morgan fingerprint density at radius 3 is 2.45 bits per heavy atom. The highest BCUT2D eigenvalue weighted by Gasteiger charge is 2.14. The maximum Gasteiger partial charge on any atom is 0.490 e. The summed E-state index contributed by atoms with van der Waals surface area (Å²) in [6, 6.07) is 1.16. The van der Waals surface area contributed by atoms with Gasteiger partial charge >= 0.3 is 13.1 Å². The second-order valence-electron chi connectivity index (χ2n) is 2.03. The molecule has 4 N–H and O–H groups in total. The Balaban J connectivity index is 2.90. The van der Waals surface area contributed by atoms with Crippen LogP contribution in [0.1, 0.15) is 10.5 Å². The number of aromatic nitrogens is 1. The van der Waals surface area contributed by atoms with E-state index in [0.29, 0.717) is 0 Å². The third kappa shape index (κ3) is 1.60. The molecule has 0 aliphatic heterocycles. The Kier molecular flexibility index (Phi) is 1.97. The van der Waals surface area contributed by atoms with Crippen LogP contribution in [0.4, 0.5) is 0 Å². The van der Waals surface area contributed by atoms with Crippen molar-refractivity contribution in [1.82, 2.24) is 4.98 Å². The fourth-order valence-corrected chi connectivity index (χ4v) is 0.684. The molecule has 5 nitrogen and oxygen atoms in total. The van der Waals surface area contributed by atoms with E-state index in [0.717, 1.165) is 6.07 Å². The molecular weight excluding hydrogens is 149 g/mol. The van der Waals surface area contributed by atoms with Crippen molar-refractivity contribution in [2.75, 3.05) is 0 Å². The number of carboxylic acid groups (broad SMARTS) is 1. The highest BCUT2D eigenvalue weighted by molar-refractivity contribution is 6.58. The van der Waals surface area contributed by atoms with Crippen molar-refractivity contribution in [3.63, 3.8) is 0 Å². The van der Waals surface area contributed by atoms with Gasteiger partial charge in [0.15, 0.2) is 0 Å². The van der Waals surface area contributed by atoms with Gasteiger partial charge < -0.3 is 20.1 Å². The second-order valence-corrected chi connectivity index (χ2v) is 2.03. The monoisotopic (exact) mass is 155 g/mol. The maximum absolute atomic E-state index is 10.2. The summed E-state index contributed by atoms with van der Waals surface area (Å²) in [7, 11) is -1.63. The Morgan fingerprint density at radius 1 is 1.55 bits per heavy atom. The lowest BCUT2D eigenvalue weighted by atomic mass is 9.82. The van der Waals surface area contributed by atoms with Crippen LogP contribution in [-0.2, 0) is 0 Å². The lowest BCUT2D eigenvalue weighted by Gasteiger charge is -1.88. The molecule has 11 heavy (non-hydrogen) atoms. The zero-order chi connectivity index (χ0) is 8.43. The molecule has 0 aromatic carbocycles. The van der Waals surface area contributed by atoms with Crippen LogP contribution in [0.5, 0.6) is 0 Å². The first-order valence-corrected chi connectivity index (χ1v) is 2.89. The summed E-state index contributed by atoms with van der Waals surface area (Å²) in [6.07, 6.45) is 1.23. The second kappa shape index (κ2) is 2.77. The average Bonchev–Trinajstić information content (AvgIpc) is 2.33. The topological polar surface area (TPSA) is 93.6 Å². The summed E-state index contributed by atoms with van der Waals surface area (Å²) in [5.74, 6) is -1.13. The van der Waals surface area contributed by atoms with E-state index in [1.807, 2.05) is 0 Å². The summed E-state index contributed by atoms with van der Waals surface area (Å²) in [5.41, 5.74) is 0.0792. The van der Waals surface area contributed by atoms with Gasteiger partial charge in [-0.15, -0.1) is 0 Å². The van der Waals surface area contributed by atoms with Gasteiger partial charge in [-0.05, 0) is 6.07 Å². The van der Waals surface area contributed by atoms with Gasteiger partial charge in [0.05, 0.1) is 0 Å². The summed E-state index contributed by atoms with van der Waals surface area (Å²) < 4.78 is 0. The van der Waals surface area contributed by atoms with Gasteiger partial charge in [-0.1, -0.05) is 0 Å². The number of aromatic carboxylic acids is 1. The number of rotatable bonds is 2. The van der Waals surface area contributed by atoms with E-state index in [1.54, 1.807) is 0 Å². The van der Waals surface area contributed by atoms with Gasteiger partial charge in [-0.25, -0.2) is 4.79 Å². The number of carboxylic acids is 1. The standard InChI is InChI=1S/C5H6BNO4/c8-5(9)4-1-3(2-7-4)6(10)11/h1-2,7,10-11H,(H,8,9). The number of H-pyrrole nitrogens is 1. The molecule has 1 heterocycles. The van der Waals surface area contributed by atoms with E-state index in [9.17, 15) is 4.79 Å². The van der Waals surface area contributed by atoms with Gasteiger partial charge in [0.2, 0.25) is 0 Å². The molecule has 58 valence electrons. The minimum Gasteiger partial charge on any atom is -0.477 e. The van der Waals surface area contributed by atoms with E-state index in [1.165, 1.54) is 6.20 Å². The molecule has 0 unspecified atom stereocenters. The van der Waals surface area contributed by atoms with Crippen LogP contribution in [-0.4, -0.2) is 33.2 Å². The largest absolute Gasteiger partial charge is 0.490 e. The van der Waals surface area contributed by atoms with E-state index in [4.69, 9.17) is 15.2 Å². The number of aromatic amines is 1. The highest BCUT2D eigenvalue weighted by Crippen LogP contribution is 1.91. The van der Waals surface area contributed by atoms with Crippen LogP contribution in [0.25, 0.3) is 0 Å². The molecule has 0 fully saturated rings. The Bertz CT molecular complexity index is 269. The van der Waals surface area contributed by atoms with Gasteiger partial charge in [0.25, 0.3) is 0 Å². The van der Waals surface area contributed by atoms with Crippen LogP contribution >= 0.6 is 0 Å². The number of hydrogen-bond acceptors (Lipinski definition) is 3. The molecule has 0 aliphatic carbocycles. The Hall–Kier alpha value is -1.27. The number of hydrogen-bond donors (Lipinski definition) is 4. The zero-order valence-electron chi connectivity index (χ0n) is 5.48. The van der Waals surface area contributed by atoms with Crippen molar-refractivity contribution in [2.45, 2.75) is 0 Å². The smallest absolute Gasteiger partial charge is 0.477 e. The van der Waals surface area contributed by atoms with E-state index >= 15 is 0 Å². The predicted octanol–water partition coefficient (Wildman–Crippen LogP) is -1.61. The number of nitrogens with one attached hydrogen (secondary N) is 1. The van der Waals surface area contributed by atoms with Gasteiger partial charge in [0.1, 0.15) is 5.69 Å². The van der Waals surface area contributed by atoms with Crippen molar-refractivity contribution in [2.24, 2.45) is 0 Å². The van der Waals surface area contributed by atoms with Gasteiger partial charge in [-0.2, -0.15) is 0 Å². The SMILES string of the molecule is O=C(O)c1cc(B(O)O)c[nH]1. The molecule has 0 aliphatic rings. The van der Waals surface area contributed by atoms with Crippen molar-refractivity contribution >= 4 is 18.6 Å².